The fraction of sp³-hybridized carbons (Fsp3) is 0.333. The number of benzene rings is 1. The quantitative estimate of drug-likeness (QED) is 0.388. The number of anilines is 1. The SMILES string of the molecule is C[C@H]1C(/C=C/COC(=O)Nc2ccc3c(C(F)(F)F)cc(=O)oc3c2)=C(C(=O)O)N2C(=O)[C@H]([C@@H](C)O)C12. The number of aliphatic hydroxyl groups excluding tert-OH is 1. The Morgan fingerprint density at radius 2 is 1.97 bits per heavy atom. The lowest BCUT2D eigenvalue weighted by Crippen LogP contribution is -2.63. The summed E-state index contributed by atoms with van der Waals surface area (Å²) in [7, 11) is 0. The average Bonchev–Trinajstić information content (AvgIpc) is 3.03. The van der Waals surface area contributed by atoms with Crippen molar-refractivity contribution >= 4 is 34.6 Å². The number of fused-ring (bicyclic) bond motifs is 2. The van der Waals surface area contributed by atoms with Crippen LogP contribution in [0.3, 0.4) is 0 Å². The molecule has 4 atom stereocenters. The molecule has 1 aromatic heterocycles. The Morgan fingerprint density at radius 3 is 2.59 bits per heavy atom. The summed E-state index contributed by atoms with van der Waals surface area (Å²) in [6.07, 6.45) is -3.89. The predicted octanol–water partition coefficient (Wildman–Crippen LogP) is 3.11. The van der Waals surface area contributed by atoms with Crippen LogP contribution in [0.25, 0.3) is 11.0 Å². The number of ether oxygens (including phenoxy) is 1. The molecule has 0 saturated carbocycles. The highest BCUT2D eigenvalue weighted by Crippen LogP contribution is 2.47. The molecule has 3 heterocycles. The van der Waals surface area contributed by atoms with E-state index in [-0.39, 0.29) is 34.9 Å². The number of aliphatic carboxylic acids is 1. The van der Waals surface area contributed by atoms with Gasteiger partial charge < -0.3 is 24.3 Å². The van der Waals surface area contributed by atoms with Crippen molar-refractivity contribution in [1.29, 1.82) is 0 Å². The van der Waals surface area contributed by atoms with Gasteiger partial charge in [0.1, 0.15) is 17.9 Å². The number of aliphatic hydroxyl groups is 1. The van der Waals surface area contributed by atoms with Gasteiger partial charge in [-0.05, 0) is 30.7 Å². The lowest BCUT2D eigenvalue weighted by molar-refractivity contribution is -0.163. The van der Waals surface area contributed by atoms with Crippen LogP contribution in [-0.2, 0) is 20.5 Å². The highest BCUT2D eigenvalue weighted by molar-refractivity contribution is 6.00. The van der Waals surface area contributed by atoms with Gasteiger partial charge in [-0.15, -0.1) is 0 Å². The third kappa shape index (κ3) is 4.69. The van der Waals surface area contributed by atoms with Crippen LogP contribution in [0.4, 0.5) is 23.7 Å². The van der Waals surface area contributed by atoms with E-state index in [9.17, 15) is 42.6 Å². The van der Waals surface area contributed by atoms with Crippen molar-refractivity contribution in [3.63, 3.8) is 0 Å². The first-order chi connectivity index (χ1) is 17.3. The molecular formula is C24H21F3N2O8. The van der Waals surface area contributed by atoms with Crippen molar-refractivity contribution in [1.82, 2.24) is 4.90 Å². The number of amides is 2. The Kier molecular flexibility index (Phi) is 6.59. The highest BCUT2D eigenvalue weighted by atomic mass is 19.4. The normalized spacial score (nSPS) is 22.3. The lowest BCUT2D eigenvalue weighted by atomic mass is 9.78. The van der Waals surface area contributed by atoms with Crippen molar-refractivity contribution in [2.45, 2.75) is 32.2 Å². The van der Waals surface area contributed by atoms with Gasteiger partial charge >= 0.3 is 23.9 Å². The molecule has 1 aromatic carbocycles. The molecule has 1 fully saturated rings. The standard InChI is InChI=1S/C24H21F3N2O8/c1-10-13(20(22(33)34)29-19(10)18(11(2)30)21(29)32)4-3-7-36-23(35)28-12-5-6-14-15(24(25,26)27)9-17(31)37-16(14)8-12/h3-6,8-11,18-19,30H,7H2,1-2H3,(H,28,35)(H,33,34)/b4-3+/t10-,11+,18+,19?/m0/s1. The number of carboxylic acids is 1. The molecular weight excluding hydrogens is 501 g/mol. The van der Waals surface area contributed by atoms with Crippen LogP contribution in [-0.4, -0.2) is 51.8 Å². The van der Waals surface area contributed by atoms with E-state index in [4.69, 9.17) is 9.15 Å². The molecule has 1 unspecified atom stereocenters. The summed E-state index contributed by atoms with van der Waals surface area (Å²) in [5.74, 6) is -2.88. The maximum absolute atomic E-state index is 13.2. The summed E-state index contributed by atoms with van der Waals surface area (Å²) < 4.78 is 49.3. The molecule has 2 aromatic rings. The second kappa shape index (κ2) is 9.39. The summed E-state index contributed by atoms with van der Waals surface area (Å²) in [5.41, 5.74) is -2.60. The first kappa shape index (κ1) is 25.9. The van der Waals surface area contributed by atoms with Gasteiger partial charge in [0, 0.05) is 29.1 Å². The fourth-order valence-electron chi connectivity index (χ4n) is 4.74. The number of rotatable bonds is 6. The predicted molar refractivity (Wildman–Crippen MR) is 121 cm³/mol. The number of nitrogens with zero attached hydrogens (tertiary/aromatic N) is 1. The minimum atomic E-state index is -4.78. The van der Waals surface area contributed by atoms with Gasteiger partial charge in [0.15, 0.2) is 0 Å². The second-order valence-corrected chi connectivity index (χ2v) is 8.68. The van der Waals surface area contributed by atoms with E-state index in [1.54, 1.807) is 6.92 Å². The minimum absolute atomic E-state index is 0.0105. The van der Waals surface area contributed by atoms with Gasteiger partial charge in [-0.3, -0.25) is 10.1 Å². The van der Waals surface area contributed by atoms with Crippen LogP contribution >= 0.6 is 0 Å². The van der Waals surface area contributed by atoms with Crippen LogP contribution in [0.1, 0.15) is 19.4 Å². The number of carbonyl (C=O) groups is 3. The maximum Gasteiger partial charge on any atom is 0.417 e. The Labute approximate surface area is 206 Å². The van der Waals surface area contributed by atoms with Crippen LogP contribution in [0.2, 0.25) is 0 Å². The van der Waals surface area contributed by atoms with Crippen LogP contribution in [0.15, 0.2) is 56.9 Å². The molecule has 4 rings (SSSR count). The Balaban J connectivity index is 1.43. The topological polar surface area (TPSA) is 146 Å². The molecule has 0 radical (unpaired) electrons. The van der Waals surface area contributed by atoms with Gasteiger partial charge in [-0.25, -0.2) is 14.4 Å². The third-order valence-electron chi connectivity index (χ3n) is 6.33. The van der Waals surface area contributed by atoms with Crippen LogP contribution in [0, 0.1) is 11.8 Å². The summed E-state index contributed by atoms with van der Waals surface area (Å²) in [6.45, 7) is 2.89. The largest absolute Gasteiger partial charge is 0.477 e. The van der Waals surface area contributed by atoms with Gasteiger partial charge in [-0.1, -0.05) is 13.0 Å². The summed E-state index contributed by atoms with van der Waals surface area (Å²) in [6, 6.07) is 3.12. The number of carbonyl (C=O) groups excluding carboxylic acids is 2. The third-order valence-corrected chi connectivity index (χ3v) is 6.33. The number of alkyl halides is 3. The van der Waals surface area contributed by atoms with Crippen LogP contribution in [0.5, 0.6) is 0 Å². The van der Waals surface area contributed by atoms with Crippen LogP contribution < -0.4 is 10.9 Å². The van der Waals surface area contributed by atoms with E-state index < -0.39 is 53.4 Å². The van der Waals surface area contributed by atoms with E-state index in [0.29, 0.717) is 11.6 Å². The zero-order valence-corrected chi connectivity index (χ0v) is 19.4. The monoisotopic (exact) mass is 522 g/mol. The number of hydrogen-bond donors (Lipinski definition) is 3. The van der Waals surface area contributed by atoms with Crippen molar-refractivity contribution in [3.8, 4) is 0 Å². The van der Waals surface area contributed by atoms with Gasteiger partial charge in [0.25, 0.3) is 0 Å². The Hall–Kier alpha value is -4.13. The number of allylic oxidation sites excluding steroid dienone is 1. The fourth-order valence-corrected chi connectivity index (χ4v) is 4.74. The Bertz CT molecular complexity index is 1410. The number of nitrogens with one attached hydrogen (secondary N) is 1. The molecule has 2 amide bonds. The molecule has 2 aliphatic heterocycles. The summed E-state index contributed by atoms with van der Waals surface area (Å²) in [5, 5.41) is 21.4. The smallest absolute Gasteiger partial charge is 0.417 e. The van der Waals surface area contributed by atoms with E-state index in [1.807, 2.05) is 0 Å². The number of β-lactam (4-membered cyclic amide) rings is 1. The first-order valence-corrected chi connectivity index (χ1v) is 11.0. The molecule has 13 heteroatoms. The molecule has 0 spiro atoms. The zero-order chi connectivity index (χ0) is 27.2. The molecule has 37 heavy (non-hydrogen) atoms. The van der Waals surface area contributed by atoms with Crippen molar-refractivity contribution in [3.05, 3.63) is 63.7 Å². The van der Waals surface area contributed by atoms with Crippen molar-refractivity contribution in [2.24, 2.45) is 11.8 Å². The highest BCUT2D eigenvalue weighted by Gasteiger charge is 2.59. The van der Waals surface area contributed by atoms with E-state index >= 15 is 0 Å². The van der Waals surface area contributed by atoms with E-state index in [2.05, 4.69) is 5.32 Å². The second-order valence-electron chi connectivity index (χ2n) is 8.68. The zero-order valence-electron chi connectivity index (χ0n) is 19.4. The number of carboxylic acid groups (broad SMARTS) is 1. The van der Waals surface area contributed by atoms with E-state index in [1.165, 1.54) is 25.1 Å². The maximum atomic E-state index is 13.2. The summed E-state index contributed by atoms with van der Waals surface area (Å²) in [4.78, 5) is 48.9. The number of hydrogen-bond acceptors (Lipinski definition) is 7. The molecule has 1 saturated heterocycles. The molecule has 196 valence electrons. The first-order valence-electron chi connectivity index (χ1n) is 11.0. The summed E-state index contributed by atoms with van der Waals surface area (Å²) >= 11 is 0. The number of halogens is 3. The van der Waals surface area contributed by atoms with Crippen molar-refractivity contribution < 1.29 is 46.9 Å². The van der Waals surface area contributed by atoms with Gasteiger partial charge in [-0.2, -0.15) is 13.2 Å². The van der Waals surface area contributed by atoms with Crippen molar-refractivity contribution in [2.75, 3.05) is 11.9 Å². The Morgan fingerprint density at radius 1 is 1.27 bits per heavy atom. The van der Waals surface area contributed by atoms with E-state index in [0.717, 1.165) is 17.0 Å². The van der Waals surface area contributed by atoms with Gasteiger partial charge in [0.2, 0.25) is 5.91 Å². The molecule has 0 bridgehead atoms. The average molecular weight is 522 g/mol. The molecule has 2 aliphatic rings. The van der Waals surface area contributed by atoms with Gasteiger partial charge in [0.05, 0.1) is 23.6 Å². The lowest BCUT2D eigenvalue weighted by Gasteiger charge is -2.46. The molecule has 0 aliphatic carbocycles. The minimum Gasteiger partial charge on any atom is -0.477 e. The molecule has 3 N–H and O–H groups in total. The molecule has 10 nitrogen and oxygen atoms in total.